The van der Waals surface area contributed by atoms with Gasteiger partial charge in [-0.15, -0.1) is 0 Å². The van der Waals surface area contributed by atoms with Crippen LogP contribution in [-0.4, -0.2) is 48.7 Å². The number of benzene rings is 1. The van der Waals surface area contributed by atoms with Crippen molar-refractivity contribution in [3.05, 3.63) is 23.5 Å². The van der Waals surface area contributed by atoms with Gasteiger partial charge in [-0.05, 0) is 82.6 Å². The van der Waals surface area contributed by atoms with E-state index < -0.39 is 28.5 Å². The number of nitrogens with one attached hydrogen (secondary N) is 2. The number of hydrogen-bond acceptors (Lipinski definition) is 6. The molecule has 1 aromatic carbocycles. The van der Waals surface area contributed by atoms with Crippen LogP contribution in [0.2, 0.25) is 0 Å². The second-order valence-electron chi connectivity index (χ2n) is 12.5. The van der Waals surface area contributed by atoms with Gasteiger partial charge in [0.05, 0.1) is 41.6 Å². The van der Waals surface area contributed by atoms with Gasteiger partial charge in [-0.3, -0.25) is 14.4 Å². The molecular formula is C30H38FN3O6. The average molecular weight is 556 g/mol. The number of ether oxygens (including phenoxy) is 2. The standard InChI is InChI=1S/C30H38FN3O6/c1-29(28(37)38)10-6-19(7-11-29)40-23-13-20(22(39-2)14-21(23)31)26(35)34-25-18-5-4-17(12-18)24(25)27(36)33-16-30(15-32)8-3-9-30/h13-14,17-19,24-25H,3-12,16H2,1-2H3,(H,33,36)(H,34,35)(H,37,38). The van der Waals surface area contributed by atoms with Gasteiger partial charge in [0.25, 0.3) is 5.91 Å². The summed E-state index contributed by atoms with van der Waals surface area (Å²) in [6, 6.07) is 4.45. The number of methoxy groups -OCH3 is 1. The van der Waals surface area contributed by atoms with E-state index in [0.29, 0.717) is 32.2 Å². The number of fused-ring (bicyclic) bond motifs is 2. The van der Waals surface area contributed by atoms with Crippen LogP contribution in [-0.2, 0) is 9.59 Å². The number of carboxylic acid groups (broad SMARTS) is 1. The first-order valence-corrected chi connectivity index (χ1v) is 14.4. The van der Waals surface area contributed by atoms with Crippen molar-refractivity contribution >= 4 is 17.8 Å². The van der Waals surface area contributed by atoms with Gasteiger partial charge < -0.3 is 25.2 Å². The van der Waals surface area contributed by atoms with Crippen LogP contribution in [0.25, 0.3) is 0 Å². The first kappa shape index (κ1) is 28.2. The summed E-state index contributed by atoms with van der Waals surface area (Å²) in [4.78, 5) is 38.4. The Morgan fingerprint density at radius 1 is 1.10 bits per heavy atom. The van der Waals surface area contributed by atoms with Gasteiger partial charge in [0.15, 0.2) is 11.6 Å². The summed E-state index contributed by atoms with van der Waals surface area (Å²) in [7, 11) is 1.36. The second kappa shape index (κ2) is 10.9. The highest BCUT2D eigenvalue weighted by Crippen LogP contribution is 2.49. The summed E-state index contributed by atoms with van der Waals surface area (Å²) in [6.07, 6.45) is 6.67. The number of nitrogens with zero attached hydrogens (tertiary/aromatic N) is 1. The fourth-order valence-electron chi connectivity index (χ4n) is 7.12. The highest BCUT2D eigenvalue weighted by atomic mass is 19.1. The number of halogens is 1. The van der Waals surface area contributed by atoms with E-state index in [9.17, 15) is 29.1 Å². The fraction of sp³-hybridized carbons (Fsp3) is 0.667. The quantitative estimate of drug-likeness (QED) is 0.415. The van der Waals surface area contributed by atoms with Crippen LogP contribution in [0.5, 0.6) is 11.5 Å². The van der Waals surface area contributed by atoms with Crippen LogP contribution >= 0.6 is 0 Å². The minimum absolute atomic E-state index is 0.0644. The Balaban J connectivity index is 1.28. The van der Waals surface area contributed by atoms with Crippen molar-refractivity contribution in [2.24, 2.45) is 28.6 Å². The van der Waals surface area contributed by atoms with Gasteiger partial charge >= 0.3 is 5.97 Å². The number of amides is 2. The summed E-state index contributed by atoms with van der Waals surface area (Å²) < 4.78 is 26.2. The van der Waals surface area contributed by atoms with Crippen molar-refractivity contribution in [2.45, 2.75) is 83.3 Å². The summed E-state index contributed by atoms with van der Waals surface area (Å²) >= 11 is 0. The monoisotopic (exact) mass is 555 g/mol. The molecule has 2 amide bonds. The molecule has 0 aliphatic heterocycles. The molecule has 0 radical (unpaired) electrons. The molecule has 5 rings (SSSR count). The Labute approximate surface area is 233 Å². The Hall–Kier alpha value is -3.35. The number of carboxylic acids is 1. The van der Waals surface area contributed by atoms with Crippen LogP contribution in [0.4, 0.5) is 4.39 Å². The largest absolute Gasteiger partial charge is 0.496 e. The van der Waals surface area contributed by atoms with Crippen molar-refractivity contribution < 1.29 is 33.4 Å². The molecule has 0 saturated heterocycles. The summed E-state index contributed by atoms with van der Waals surface area (Å²) in [6.45, 7) is 2.04. The van der Waals surface area contributed by atoms with E-state index in [2.05, 4.69) is 16.7 Å². The van der Waals surface area contributed by atoms with Gasteiger partial charge in [-0.25, -0.2) is 4.39 Å². The van der Waals surface area contributed by atoms with E-state index >= 15 is 0 Å². The molecule has 40 heavy (non-hydrogen) atoms. The van der Waals surface area contributed by atoms with Crippen LogP contribution in [0.1, 0.15) is 81.5 Å². The van der Waals surface area contributed by atoms with Crippen molar-refractivity contribution in [1.29, 1.82) is 5.26 Å². The van der Waals surface area contributed by atoms with Crippen LogP contribution in [0.3, 0.4) is 0 Å². The van der Waals surface area contributed by atoms with E-state index in [1.807, 2.05) is 0 Å². The number of hydrogen-bond donors (Lipinski definition) is 3. The Morgan fingerprint density at radius 3 is 2.40 bits per heavy atom. The normalized spacial score (nSPS) is 31.9. The molecule has 10 heteroatoms. The summed E-state index contributed by atoms with van der Waals surface area (Å²) in [5.74, 6) is -2.16. The molecule has 4 aliphatic carbocycles. The van der Waals surface area contributed by atoms with Crippen LogP contribution in [0, 0.1) is 45.7 Å². The number of aliphatic carboxylic acids is 1. The zero-order valence-electron chi connectivity index (χ0n) is 23.1. The van der Waals surface area contributed by atoms with Crippen LogP contribution < -0.4 is 20.1 Å². The average Bonchev–Trinajstić information content (AvgIpc) is 3.52. The van der Waals surface area contributed by atoms with Crippen molar-refractivity contribution in [3.8, 4) is 17.6 Å². The third kappa shape index (κ3) is 5.23. The van der Waals surface area contributed by atoms with Gasteiger partial charge in [0, 0.05) is 18.7 Å². The lowest BCUT2D eigenvalue weighted by atomic mass is 9.70. The minimum Gasteiger partial charge on any atom is -0.496 e. The molecule has 0 spiro atoms. The number of carbonyl (C=O) groups is 3. The maximum atomic E-state index is 14.9. The maximum absolute atomic E-state index is 14.9. The Morgan fingerprint density at radius 2 is 1.80 bits per heavy atom. The smallest absolute Gasteiger partial charge is 0.309 e. The Kier molecular flexibility index (Phi) is 7.68. The van der Waals surface area contributed by atoms with Gasteiger partial charge in [-0.2, -0.15) is 5.26 Å². The predicted octanol–water partition coefficient (Wildman–Crippen LogP) is 4.20. The predicted molar refractivity (Wildman–Crippen MR) is 142 cm³/mol. The Bertz CT molecular complexity index is 1220. The summed E-state index contributed by atoms with van der Waals surface area (Å²) in [5.41, 5.74) is -1.18. The molecule has 4 unspecified atom stereocenters. The molecule has 4 fully saturated rings. The van der Waals surface area contributed by atoms with Crippen molar-refractivity contribution in [1.82, 2.24) is 10.6 Å². The molecule has 2 bridgehead atoms. The molecule has 216 valence electrons. The first-order chi connectivity index (χ1) is 19.1. The lowest BCUT2D eigenvalue weighted by molar-refractivity contribution is -0.150. The number of rotatable bonds is 9. The summed E-state index contributed by atoms with van der Waals surface area (Å²) in [5, 5.41) is 25.1. The molecule has 0 aromatic heterocycles. The second-order valence-corrected chi connectivity index (χ2v) is 12.5. The zero-order valence-corrected chi connectivity index (χ0v) is 23.1. The van der Waals surface area contributed by atoms with E-state index in [1.54, 1.807) is 6.92 Å². The molecule has 0 heterocycles. The van der Waals surface area contributed by atoms with Gasteiger partial charge in [0.2, 0.25) is 5.91 Å². The molecule has 4 aliphatic rings. The molecule has 3 N–H and O–H groups in total. The lowest BCUT2D eigenvalue weighted by Crippen LogP contribution is -2.51. The third-order valence-corrected chi connectivity index (χ3v) is 10.0. The first-order valence-electron chi connectivity index (χ1n) is 14.4. The van der Waals surface area contributed by atoms with Crippen molar-refractivity contribution in [3.63, 3.8) is 0 Å². The minimum atomic E-state index is -0.847. The molecule has 4 saturated carbocycles. The SMILES string of the molecule is COc1cc(F)c(OC2CCC(C)(C(=O)O)CC2)cc1C(=O)NC1C2CCC(C2)C1C(=O)NCC1(C#N)CCC1. The van der Waals surface area contributed by atoms with E-state index in [-0.39, 0.29) is 52.9 Å². The molecule has 4 atom stereocenters. The van der Waals surface area contributed by atoms with E-state index in [1.165, 1.54) is 13.2 Å². The highest BCUT2D eigenvalue weighted by molar-refractivity contribution is 5.98. The zero-order chi connectivity index (χ0) is 28.7. The van der Waals surface area contributed by atoms with E-state index in [0.717, 1.165) is 44.6 Å². The maximum Gasteiger partial charge on any atom is 0.309 e. The topological polar surface area (TPSA) is 138 Å². The molecule has 1 aromatic rings. The third-order valence-electron chi connectivity index (χ3n) is 10.0. The van der Waals surface area contributed by atoms with Gasteiger partial charge in [-0.1, -0.05) is 6.42 Å². The number of nitriles is 1. The lowest BCUT2D eigenvalue weighted by Gasteiger charge is -2.36. The number of carbonyl (C=O) groups excluding carboxylic acids is 2. The van der Waals surface area contributed by atoms with Crippen LogP contribution in [0.15, 0.2) is 12.1 Å². The molecular weight excluding hydrogens is 517 g/mol. The van der Waals surface area contributed by atoms with Gasteiger partial charge in [0.1, 0.15) is 5.75 Å². The van der Waals surface area contributed by atoms with Crippen molar-refractivity contribution in [2.75, 3.05) is 13.7 Å². The molecule has 9 nitrogen and oxygen atoms in total. The highest BCUT2D eigenvalue weighted by Gasteiger charge is 2.52. The van der Waals surface area contributed by atoms with E-state index in [4.69, 9.17) is 9.47 Å². The fourth-order valence-corrected chi connectivity index (χ4v) is 7.12.